The lowest BCUT2D eigenvalue weighted by Gasteiger charge is -2.18. The van der Waals surface area contributed by atoms with Crippen molar-refractivity contribution in [3.8, 4) is 11.5 Å². The van der Waals surface area contributed by atoms with Crippen LogP contribution in [0.4, 0.5) is 0 Å². The zero-order chi connectivity index (χ0) is 10.8. The van der Waals surface area contributed by atoms with Gasteiger partial charge in [0.1, 0.15) is 19.8 Å². The summed E-state index contributed by atoms with van der Waals surface area (Å²) in [4.78, 5) is 0. The summed E-state index contributed by atoms with van der Waals surface area (Å²) in [5.41, 5.74) is 2.87. The highest BCUT2D eigenvalue weighted by atomic mass is 28.3. The Labute approximate surface area is 87.7 Å². The van der Waals surface area contributed by atoms with Gasteiger partial charge in [-0.15, -0.1) is 5.54 Å². The highest BCUT2D eigenvalue weighted by Gasteiger charge is 2.49. The molecule has 1 aliphatic carbocycles. The van der Waals surface area contributed by atoms with Gasteiger partial charge >= 0.3 is 0 Å². The molecule has 1 unspecified atom stereocenters. The van der Waals surface area contributed by atoms with Gasteiger partial charge in [0.15, 0.2) is 0 Å². The molecule has 0 aromatic rings. The fourth-order valence-electron chi connectivity index (χ4n) is 1.32. The molecule has 1 fully saturated rings. The van der Waals surface area contributed by atoms with Gasteiger partial charge in [-0.1, -0.05) is 25.6 Å². The highest BCUT2D eigenvalue weighted by molar-refractivity contribution is 6.83. The molecule has 0 aromatic heterocycles. The Bertz CT molecular complexity index is 253. The van der Waals surface area contributed by atoms with E-state index < -0.39 is 14.2 Å². The lowest BCUT2D eigenvalue weighted by molar-refractivity contribution is -0.0280. The molecular weight excluding hydrogens is 192 g/mol. The predicted octanol–water partition coefficient (Wildman–Crippen LogP) is 1.80. The number of hydrogen-bond donors (Lipinski definition) is 1. The van der Waals surface area contributed by atoms with Crippen molar-refractivity contribution in [3.05, 3.63) is 0 Å². The predicted molar refractivity (Wildman–Crippen MR) is 60.7 cm³/mol. The van der Waals surface area contributed by atoms with Gasteiger partial charge in [-0.05, 0) is 19.8 Å². The maximum absolute atomic E-state index is 9.86. The highest BCUT2D eigenvalue weighted by Crippen LogP contribution is 2.42. The third-order valence-corrected chi connectivity index (χ3v) is 3.15. The lowest BCUT2D eigenvalue weighted by Crippen LogP contribution is -2.30. The Morgan fingerprint density at radius 3 is 2.36 bits per heavy atom. The first-order valence-electron chi connectivity index (χ1n) is 5.24. The minimum absolute atomic E-state index is 0.318. The standard InChI is InChI=1S/C11H20O2Si/c1-5-13-11(7-8-11)10(12)6-9-14(2,3)4/h10,12H,5,7-8H2,1-4H3. The fraction of sp³-hybridized carbons (Fsp3) is 0.818. The maximum atomic E-state index is 9.86. The monoisotopic (exact) mass is 212 g/mol. The number of ether oxygens (including phenoxy) is 1. The van der Waals surface area contributed by atoms with Gasteiger partial charge in [-0.2, -0.15) is 0 Å². The molecule has 14 heavy (non-hydrogen) atoms. The summed E-state index contributed by atoms with van der Waals surface area (Å²) in [5.74, 6) is 2.95. The van der Waals surface area contributed by atoms with E-state index in [9.17, 15) is 5.11 Å². The molecule has 0 saturated heterocycles. The van der Waals surface area contributed by atoms with Gasteiger partial charge in [0.2, 0.25) is 0 Å². The van der Waals surface area contributed by atoms with E-state index in [1.54, 1.807) is 0 Å². The summed E-state index contributed by atoms with van der Waals surface area (Å²) < 4.78 is 5.53. The van der Waals surface area contributed by atoms with E-state index >= 15 is 0 Å². The SMILES string of the molecule is CCOC1(C(O)C#C[Si](C)(C)C)CC1. The first-order valence-corrected chi connectivity index (χ1v) is 8.74. The van der Waals surface area contributed by atoms with Crippen LogP contribution in [0.1, 0.15) is 19.8 Å². The van der Waals surface area contributed by atoms with E-state index in [4.69, 9.17) is 4.74 Å². The molecule has 80 valence electrons. The second-order valence-electron chi connectivity index (χ2n) is 4.92. The van der Waals surface area contributed by atoms with Crippen molar-refractivity contribution in [3.63, 3.8) is 0 Å². The van der Waals surface area contributed by atoms with Gasteiger partial charge in [-0.3, -0.25) is 0 Å². The van der Waals surface area contributed by atoms with Crippen LogP contribution < -0.4 is 0 Å². The molecule has 0 spiro atoms. The van der Waals surface area contributed by atoms with Crippen molar-refractivity contribution < 1.29 is 9.84 Å². The number of hydrogen-bond acceptors (Lipinski definition) is 2. The molecule has 0 amide bonds. The molecule has 0 heterocycles. The largest absolute Gasteiger partial charge is 0.377 e. The van der Waals surface area contributed by atoms with Crippen LogP contribution in [-0.4, -0.2) is 31.5 Å². The Hall–Kier alpha value is -0.303. The van der Waals surface area contributed by atoms with Crippen molar-refractivity contribution in [2.24, 2.45) is 0 Å². The van der Waals surface area contributed by atoms with E-state index in [-0.39, 0.29) is 5.60 Å². The van der Waals surface area contributed by atoms with Gasteiger partial charge in [-0.25, -0.2) is 0 Å². The summed E-state index contributed by atoms with van der Waals surface area (Å²) in [6.07, 6.45) is 1.30. The Balaban J connectivity index is 2.57. The minimum atomic E-state index is -1.37. The Morgan fingerprint density at radius 2 is 2.00 bits per heavy atom. The molecule has 0 radical (unpaired) electrons. The summed E-state index contributed by atoms with van der Waals surface area (Å²) in [7, 11) is -1.37. The van der Waals surface area contributed by atoms with Crippen molar-refractivity contribution in [1.29, 1.82) is 0 Å². The van der Waals surface area contributed by atoms with Gasteiger partial charge in [0.25, 0.3) is 0 Å². The van der Waals surface area contributed by atoms with E-state index in [2.05, 4.69) is 31.1 Å². The van der Waals surface area contributed by atoms with E-state index in [1.165, 1.54) is 0 Å². The maximum Gasteiger partial charge on any atom is 0.142 e. The molecule has 0 aliphatic heterocycles. The second-order valence-corrected chi connectivity index (χ2v) is 9.67. The van der Waals surface area contributed by atoms with E-state index in [0.29, 0.717) is 6.61 Å². The van der Waals surface area contributed by atoms with Gasteiger partial charge < -0.3 is 9.84 Å². The van der Waals surface area contributed by atoms with Crippen LogP contribution in [0.3, 0.4) is 0 Å². The molecule has 1 aliphatic rings. The van der Waals surface area contributed by atoms with Crippen LogP contribution in [0.2, 0.25) is 19.6 Å². The molecular formula is C11H20O2Si. The smallest absolute Gasteiger partial charge is 0.142 e. The summed E-state index contributed by atoms with van der Waals surface area (Å²) >= 11 is 0. The van der Waals surface area contributed by atoms with E-state index in [1.807, 2.05) is 6.92 Å². The average Bonchev–Trinajstić information content (AvgIpc) is 2.81. The average molecular weight is 212 g/mol. The zero-order valence-corrected chi connectivity index (χ0v) is 10.6. The number of aliphatic hydroxyl groups is 1. The Morgan fingerprint density at radius 1 is 1.43 bits per heavy atom. The number of rotatable bonds is 3. The topological polar surface area (TPSA) is 29.5 Å². The fourth-order valence-corrected chi connectivity index (χ4v) is 1.89. The van der Waals surface area contributed by atoms with Crippen LogP contribution in [0, 0.1) is 11.5 Å². The van der Waals surface area contributed by atoms with E-state index in [0.717, 1.165) is 12.8 Å². The lowest BCUT2D eigenvalue weighted by atomic mass is 10.2. The molecule has 0 bridgehead atoms. The van der Waals surface area contributed by atoms with Crippen molar-refractivity contribution >= 4 is 8.07 Å². The first kappa shape index (κ1) is 11.8. The van der Waals surface area contributed by atoms with Crippen LogP contribution in [0.25, 0.3) is 0 Å². The quantitative estimate of drug-likeness (QED) is 0.571. The van der Waals surface area contributed by atoms with Gasteiger partial charge in [0, 0.05) is 6.61 Å². The van der Waals surface area contributed by atoms with Crippen LogP contribution in [0.5, 0.6) is 0 Å². The summed E-state index contributed by atoms with van der Waals surface area (Å²) in [5, 5.41) is 9.86. The molecule has 1 atom stereocenters. The normalized spacial score (nSPS) is 20.9. The number of aliphatic hydroxyl groups excluding tert-OH is 1. The van der Waals surface area contributed by atoms with Gasteiger partial charge in [0.05, 0.1) is 0 Å². The van der Waals surface area contributed by atoms with Crippen molar-refractivity contribution in [2.75, 3.05) is 6.61 Å². The molecule has 2 nitrogen and oxygen atoms in total. The third kappa shape index (κ3) is 3.12. The zero-order valence-electron chi connectivity index (χ0n) is 9.55. The molecule has 3 heteroatoms. The first-order chi connectivity index (χ1) is 6.40. The Kier molecular flexibility index (Phi) is 3.41. The summed E-state index contributed by atoms with van der Waals surface area (Å²) in [6.45, 7) is 9.14. The minimum Gasteiger partial charge on any atom is -0.377 e. The third-order valence-electron chi connectivity index (χ3n) is 2.26. The van der Waals surface area contributed by atoms with Crippen LogP contribution in [0.15, 0.2) is 0 Å². The molecule has 1 rings (SSSR count). The summed E-state index contributed by atoms with van der Waals surface area (Å²) in [6, 6.07) is 0. The van der Waals surface area contributed by atoms with Crippen LogP contribution >= 0.6 is 0 Å². The van der Waals surface area contributed by atoms with Crippen molar-refractivity contribution in [1.82, 2.24) is 0 Å². The van der Waals surface area contributed by atoms with Crippen LogP contribution in [-0.2, 0) is 4.74 Å². The molecule has 1 saturated carbocycles. The molecule has 0 aromatic carbocycles. The van der Waals surface area contributed by atoms with Crippen molar-refractivity contribution in [2.45, 2.75) is 51.1 Å². The molecule has 1 N–H and O–H groups in total. The second kappa shape index (κ2) is 4.06.